The van der Waals surface area contributed by atoms with Crippen molar-refractivity contribution in [2.24, 2.45) is 0 Å². The second-order valence-electron chi connectivity index (χ2n) is 7.16. The van der Waals surface area contributed by atoms with Crippen molar-refractivity contribution in [2.45, 2.75) is 13.1 Å². The van der Waals surface area contributed by atoms with Gasteiger partial charge in [0.15, 0.2) is 0 Å². The van der Waals surface area contributed by atoms with Crippen LogP contribution in [0.5, 0.6) is 0 Å². The fourth-order valence-corrected chi connectivity index (χ4v) is 4.62. The van der Waals surface area contributed by atoms with Gasteiger partial charge in [0.25, 0.3) is 0 Å². The van der Waals surface area contributed by atoms with Crippen LogP contribution in [0.2, 0.25) is 0 Å². The van der Waals surface area contributed by atoms with Gasteiger partial charge >= 0.3 is 0 Å². The smallest absolute Gasteiger partial charge is 0.0452 e. The quantitative estimate of drug-likeness (QED) is 0.332. The average Bonchev–Trinajstić information content (AvgIpc) is 2.76. The highest BCUT2D eigenvalue weighted by Crippen LogP contribution is 2.41. The van der Waals surface area contributed by atoms with Crippen LogP contribution in [0, 0.1) is 0 Å². The zero-order chi connectivity index (χ0) is 18.9. The van der Waals surface area contributed by atoms with Gasteiger partial charge in [-0.3, -0.25) is 0 Å². The summed E-state index contributed by atoms with van der Waals surface area (Å²) in [4.78, 5) is 2.49. The molecule has 1 aliphatic rings. The van der Waals surface area contributed by atoms with E-state index in [1.807, 2.05) is 0 Å². The van der Waals surface area contributed by atoms with Gasteiger partial charge in [-0.1, -0.05) is 101 Å². The molecule has 4 aromatic carbocycles. The summed E-state index contributed by atoms with van der Waals surface area (Å²) in [6.45, 7) is 1.78. The topological polar surface area (TPSA) is 3.24 Å². The van der Waals surface area contributed by atoms with E-state index in [0.29, 0.717) is 0 Å². The largest absolute Gasteiger partial charge is 0.362 e. The molecule has 4 aromatic rings. The van der Waals surface area contributed by atoms with Gasteiger partial charge in [0.2, 0.25) is 0 Å². The number of rotatable bonds is 3. The third-order valence-corrected chi connectivity index (χ3v) is 6.21. The normalized spacial score (nSPS) is 12.4. The Bertz CT molecular complexity index is 1130. The molecule has 0 bridgehead atoms. The molecule has 0 saturated heterocycles. The van der Waals surface area contributed by atoms with Crippen molar-refractivity contribution in [3.05, 3.63) is 113 Å². The van der Waals surface area contributed by atoms with Crippen LogP contribution in [0.4, 0.5) is 5.69 Å². The molecule has 0 unspecified atom stereocenters. The number of halogens is 1. The summed E-state index contributed by atoms with van der Waals surface area (Å²) in [5.41, 5.74) is 9.21. The Kier molecular flexibility index (Phi) is 4.50. The molecule has 0 radical (unpaired) electrons. The Morgan fingerprint density at radius 3 is 2.18 bits per heavy atom. The van der Waals surface area contributed by atoms with E-state index in [0.717, 1.165) is 17.6 Å². The highest BCUT2D eigenvalue weighted by molar-refractivity contribution is 9.10. The summed E-state index contributed by atoms with van der Waals surface area (Å²) in [6.07, 6.45) is 0. The van der Waals surface area contributed by atoms with Crippen molar-refractivity contribution >= 4 is 21.6 Å². The van der Waals surface area contributed by atoms with E-state index in [2.05, 4.69) is 118 Å². The molecule has 2 heteroatoms. The molecule has 136 valence electrons. The van der Waals surface area contributed by atoms with Crippen LogP contribution in [0.3, 0.4) is 0 Å². The van der Waals surface area contributed by atoms with Crippen LogP contribution >= 0.6 is 15.9 Å². The fraction of sp³-hybridized carbons (Fsp3) is 0.0769. The van der Waals surface area contributed by atoms with Gasteiger partial charge in [-0.2, -0.15) is 0 Å². The van der Waals surface area contributed by atoms with E-state index in [4.69, 9.17) is 0 Å². The number of anilines is 1. The maximum Gasteiger partial charge on any atom is 0.0452 e. The van der Waals surface area contributed by atoms with Gasteiger partial charge in [-0.05, 0) is 39.9 Å². The van der Waals surface area contributed by atoms with Crippen LogP contribution in [-0.4, -0.2) is 0 Å². The lowest BCUT2D eigenvalue weighted by atomic mass is 9.92. The summed E-state index contributed by atoms with van der Waals surface area (Å²) in [5.74, 6) is 0. The minimum Gasteiger partial charge on any atom is -0.362 e. The van der Waals surface area contributed by atoms with E-state index in [1.54, 1.807) is 0 Å². The summed E-state index contributed by atoms with van der Waals surface area (Å²) in [5, 5.41) is 0. The van der Waals surface area contributed by atoms with Crippen LogP contribution < -0.4 is 4.90 Å². The third kappa shape index (κ3) is 3.04. The van der Waals surface area contributed by atoms with E-state index < -0.39 is 0 Å². The molecular weight excluding hydrogens is 406 g/mol. The van der Waals surface area contributed by atoms with Crippen molar-refractivity contribution in [2.75, 3.05) is 4.90 Å². The Labute approximate surface area is 174 Å². The molecular formula is C26H20BrN. The summed E-state index contributed by atoms with van der Waals surface area (Å²) >= 11 is 3.82. The Balaban J connectivity index is 1.60. The minimum atomic E-state index is 0.858. The zero-order valence-corrected chi connectivity index (χ0v) is 17.1. The highest BCUT2D eigenvalue weighted by atomic mass is 79.9. The lowest BCUT2D eigenvalue weighted by Crippen LogP contribution is -2.26. The third-order valence-electron chi connectivity index (χ3n) is 5.47. The van der Waals surface area contributed by atoms with E-state index in [1.165, 1.54) is 39.1 Å². The maximum atomic E-state index is 3.82. The predicted octanol–water partition coefficient (Wildman–Crippen LogP) is 7.30. The zero-order valence-electron chi connectivity index (χ0n) is 15.5. The maximum absolute atomic E-state index is 3.82. The summed E-state index contributed by atoms with van der Waals surface area (Å²) < 4.78 is 1.16. The van der Waals surface area contributed by atoms with Gasteiger partial charge in [0.05, 0.1) is 0 Å². The van der Waals surface area contributed by atoms with Gasteiger partial charge in [0, 0.05) is 28.8 Å². The summed E-state index contributed by atoms with van der Waals surface area (Å²) in [6, 6.07) is 34.6. The van der Waals surface area contributed by atoms with Crippen LogP contribution in [0.25, 0.3) is 22.3 Å². The van der Waals surface area contributed by atoms with Gasteiger partial charge in [-0.15, -0.1) is 0 Å². The Hall–Kier alpha value is -2.84. The molecule has 0 atom stereocenters. The first kappa shape index (κ1) is 17.3. The highest BCUT2D eigenvalue weighted by Gasteiger charge is 2.23. The van der Waals surface area contributed by atoms with Crippen molar-refractivity contribution in [1.82, 2.24) is 0 Å². The van der Waals surface area contributed by atoms with Gasteiger partial charge < -0.3 is 4.90 Å². The lowest BCUT2D eigenvalue weighted by Gasteiger charge is -2.33. The molecule has 28 heavy (non-hydrogen) atoms. The van der Waals surface area contributed by atoms with Crippen molar-refractivity contribution in [3.63, 3.8) is 0 Å². The number of fused-ring (bicyclic) bond motifs is 3. The van der Waals surface area contributed by atoms with Gasteiger partial charge in [0.1, 0.15) is 0 Å². The fourth-order valence-electron chi connectivity index (χ4n) is 4.13. The molecule has 1 aliphatic heterocycles. The first-order valence-electron chi connectivity index (χ1n) is 9.56. The minimum absolute atomic E-state index is 0.858. The van der Waals surface area contributed by atoms with E-state index in [-0.39, 0.29) is 0 Å². The molecule has 5 rings (SSSR count). The number of para-hydroxylation sites is 1. The second kappa shape index (κ2) is 7.29. The average molecular weight is 426 g/mol. The molecule has 0 aromatic heterocycles. The number of benzene rings is 4. The molecule has 0 spiro atoms. The molecule has 0 N–H and O–H groups in total. The van der Waals surface area contributed by atoms with Crippen LogP contribution in [0.1, 0.15) is 11.1 Å². The SMILES string of the molecule is Brc1cccc(-c2ccccc2)c1CN1Cc2ccccc2-c2ccccc21. The number of hydrogen-bond donors (Lipinski definition) is 0. The van der Waals surface area contributed by atoms with Crippen LogP contribution in [-0.2, 0) is 13.1 Å². The van der Waals surface area contributed by atoms with E-state index >= 15 is 0 Å². The summed E-state index contributed by atoms with van der Waals surface area (Å²) in [7, 11) is 0. The van der Waals surface area contributed by atoms with Crippen molar-refractivity contribution in [1.29, 1.82) is 0 Å². The molecule has 1 nitrogen and oxygen atoms in total. The van der Waals surface area contributed by atoms with Crippen molar-refractivity contribution in [3.8, 4) is 22.3 Å². The molecule has 0 fully saturated rings. The molecule has 0 amide bonds. The second-order valence-corrected chi connectivity index (χ2v) is 8.02. The Morgan fingerprint density at radius 1 is 0.643 bits per heavy atom. The molecule has 1 heterocycles. The number of hydrogen-bond acceptors (Lipinski definition) is 1. The van der Waals surface area contributed by atoms with Crippen molar-refractivity contribution < 1.29 is 0 Å². The predicted molar refractivity (Wildman–Crippen MR) is 121 cm³/mol. The number of nitrogens with zero attached hydrogens (tertiary/aromatic N) is 1. The van der Waals surface area contributed by atoms with Crippen LogP contribution in [0.15, 0.2) is 102 Å². The molecule has 0 saturated carbocycles. The lowest BCUT2D eigenvalue weighted by molar-refractivity contribution is 0.791. The van der Waals surface area contributed by atoms with Gasteiger partial charge in [-0.25, -0.2) is 0 Å². The standard InChI is InChI=1S/C26H20BrN/c27-25-15-8-14-21(19-9-2-1-3-10-19)24(25)18-28-17-20-11-4-5-12-22(20)23-13-6-7-16-26(23)28/h1-16H,17-18H2. The Morgan fingerprint density at radius 2 is 1.32 bits per heavy atom. The van der Waals surface area contributed by atoms with E-state index in [9.17, 15) is 0 Å². The monoisotopic (exact) mass is 425 g/mol. The molecule has 0 aliphatic carbocycles. The first-order chi connectivity index (χ1) is 13.8. The first-order valence-corrected chi connectivity index (χ1v) is 10.4.